The number of nitro groups is 2. The second-order valence-corrected chi connectivity index (χ2v) is 34.3. The molecule has 2 saturated carbocycles. The number of aryl methyl sites for hydroxylation is 2. The molecule has 2 aliphatic carbocycles. The van der Waals surface area contributed by atoms with E-state index < -0.39 is 31.1 Å². The summed E-state index contributed by atoms with van der Waals surface area (Å²) < 4.78 is 67.2. The van der Waals surface area contributed by atoms with Crippen LogP contribution in [0, 0.1) is 34.1 Å². The second kappa shape index (κ2) is 31.4. The van der Waals surface area contributed by atoms with Crippen LogP contribution in [0.4, 0.5) is 34.1 Å². The first-order chi connectivity index (χ1) is 54.8. The summed E-state index contributed by atoms with van der Waals surface area (Å²) >= 11 is 0. The molecule has 2 fully saturated rings. The summed E-state index contributed by atoms with van der Waals surface area (Å²) in [5.41, 5.74) is 20.4. The van der Waals surface area contributed by atoms with Crippen molar-refractivity contribution in [2.24, 2.45) is 0 Å². The Morgan fingerprint density at radius 1 is 0.404 bits per heavy atom. The maximum atomic E-state index is 12.1. The lowest BCUT2D eigenvalue weighted by atomic mass is 9.66. The molecule has 0 saturated heterocycles. The van der Waals surface area contributed by atoms with Gasteiger partial charge in [0, 0.05) is 107 Å². The lowest BCUT2D eigenvalue weighted by Crippen LogP contribution is -2.36. The van der Waals surface area contributed by atoms with Crippen LogP contribution in [-0.4, -0.2) is 84.6 Å². The predicted molar refractivity (Wildman–Crippen MR) is 452 cm³/mol. The van der Waals surface area contributed by atoms with Gasteiger partial charge in [0.05, 0.1) is 30.5 Å². The zero-order valence-electron chi connectivity index (χ0n) is 65.0. The first-order valence-corrected chi connectivity index (χ1v) is 41.9. The van der Waals surface area contributed by atoms with Crippen LogP contribution in [0.5, 0.6) is 0 Å². The Balaban J connectivity index is 0.000000403. The number of non-ortho nitro benzene ring substituents is 2. The zero-order valence-corrected chi connectivity index (χ0v) is 66.7. The molecule has 17 rings (SSSR count). The first kappa shape index (κ1) is 77.8. The number of allylic oxidation sites excluding steroid dienone is 8. The van der Waals surface area contributed by atoms with E-state index in [2.05, 4.69) is 229 Å². The molecule has 11 aromatic carbocycles. The number of likely N-dealkylation sites (N-methyl/N-ethyl adjacent to an activating group) is 2. The van der Waals surface area contributed by atoms with Gasteiger partial charge < -0.3 is 18.9 Å². The Hall–Kier alpha value is -11.5. The summed E-state index contributed by atoms with van der Waals surface area (Å²) in [4.78, 5) is 27.9. The van der Waals surface area contributed by atoms with Crippen LogP contribution in [0.2, 0.25) is 0 Å². The van der Waals surface area contributed by atoms with Crippen LogP contribution in [0.3, 0.4) is 0 Å². The van der Waals surface area contributed by atoms with Crippen LogP contribution < -0.4 is 9.80 Å². The summed E-state index contributed by atoms with van der Waals surface area (Å²) in [5.74, 6) is 0. The van der Waals surface area contributed by atoms with Crippen molar-refractivity contribution in [3.05, 3.63) is 366 Å². The molecule has 2 atom stereocenters. The SMILES string of the molecule is CN1C(=CC=CC2=[N+](C)c3ccc4ccccc4c3C23CCCCC3)C(Cc2ccc(CC3(Cc4ccc([N+](=O)[O-])cc4)C(=CC=CC4=[N+](C)c5ccc6ccccc6c5C45CCCCC5)N(C)c4ccccc43)cc2)(Cc2ccc([N+](=O)[O-])cc2)c2ccccc21.Cc1ccc(S(=O)(=O)[O-])cc1.Cc1ccc(S(=O)(=O)[O-])cc1. The molecule has 0 radical (unpaired) electrons. The normalized spacial score (nSPS) is 19.4. The molecule has 2 unspecified atom stereocenters. The minimum absolute atomic E-state index is 0.0774. The van der Waals surface area contributed by atoms with Gasteiger partial charge in [-0.05, 0) is 181 Å². The molecule has 6 aliphatic rings. The number of nitrogens with zero attached hydrogens (tertiary/aromatic N) is 6. The molecule has 16 nitrogen and oxygen atoms in total. The van der Waals surface area contributed by atoms with Crippen molar-refractivity contribution in [3.8, 4) is 0 Å². The molecule has 0 amide bonds. The third-order valence-electron chi connectivity index (χ3n) is 24.9. The minimum Gasteiger partial charge on any atom is -0.744 e. The molecule has 114 heavy (non-hydrogen) atoms. The van der Waals surface area contributed by atoms with Gasteiger partial charge in [-0.2, -0.15) is 9.15 Å². The van der Waals surface area contributed by atoms with Crippen molar-refractivity contribution in [2.45, 2.75) is 135 Å². The summed E-state index contributed by atoms with van der Waals surface area (Å²) in [5, 5.41) is 29.4. The van der Waals surface area contributed by atoms with Gasteiger partial charge >= 0.3 is 0 Å². The highest BCUT2D eigenvalue weighted by molar-refractivity contribution is 7.86. The highest BCUT2D eigenvalue weighted by Gasteiger charge is 2.54. The minimum atomic E-state index is -4.27. The molecule has 4 aliphatic heterocycles. The number of para-hydroxylation sites is 2. The number of benzene rings is 11. The van der Waals surface area contributed by atoms with Crippen LogP contribution in [0.15, 0.2) is 300 Å². The number of anilines is 2. The molecule has 18 heteroatoms. The molecule has 0 N–H and O–H groups in total. The van der Waals surface area contributed by atoms with Gasteiger partial charge in [0.1, 0.15) is 34.3 Å². The quantitative estimate of drug-likeness (QED) is 0.0382. The van der Waals surface area contributed by atoms with Crippen molar-refractivity contribution >= 4 is 87.3 Å². The van der Waals surface area contributed by atoms with Crippen LogP contribution in [-0.2, 0) is 67.6 Å². The number of fused-ring (bicyclic) bond motifs is 10. The third kappa shape index (κ3) is 14.6. The maximum Gasteiger partial charge on any atom is 0.269 e. The predicted octanol–water partition coefficient (Wildman–Crippen LogP) is 20.1. The molecule has 4 heterocycles. The Morgan fingerprint density at radius 2 is 0.719 bits per heavy atom. The van der Waals surface area contributed by atoms with E-state index in [0.717, 1.165) is 59.3 Å². The van der Waals surface area contributed by atoms with Gasteiger partial charge in [0.15, 0.2) is 11.4 Å². The average Bonchev–Trinajstić information content (AvgIpc) is 1.88. The van der Waals surface area contributed by atoms with Gasteiger partial charge in [-0.3, -0.25) is 20.2 Å². The molecule has 11 aromatic rings. The summed E-state index contributed by atoms with van der Waals surface area (Å²) in [6.07, 6.45) is 28.4. The highest BCUT2D eigenvalue weighted by atomic mass is 32.2. The van der Waals surface area contributed by atoms with Gasteiger partial charge in [-0.1, -0.05) is 220 Å². The monoisotopic (exact) mass is 1550 g/mol. The van der Waals surface area contributed by atoms with E-state index in [9.17, 15) is 46.2 Å². The van der Waals surface area contributed by atoms with Gasteiger partial charge in [-0.25, -0.2) is 16.8 Å². The van der Waals surface area contributed by atoms with E-state index in [-0.39, 0.29) is 41.8 Å². The van der Waals surface area contributed by atoms with Crippen LogP contribution in [0.1, 0.15) is 120 Å². The largest absolute Gasteiger partial charge is 0.744 e. The Morgan fingerprint density at radius 3 is 1.05 bits per heavy atom. The van der Waals surface area contributed by atoms with Crippen molar-refractivity contribution in [1.82, 2.24) is 0 Å². The molecular weight excluding hydrogens is 1460 g/mol. The van der Waals surface area contributed by atoms with Crippen LogP contribution in [0.25, 0.3) is 21.5 Å². The summed E-state index contributed by atoms with van der Waals surface area (Å²) in [6, 6.07) is 79.8. The molecule has 2 spiro atoms. The third-order valence-corrected chi connectivity index (χ3v) is 26.6. The van der Waals surface area contributed by atoms with E-state index in [4.69, 9.17) is 0 Å². The molecule has 0 aromatic heterocycles. The Bertz CT molecular complexity index is 5650. The van der Waals surface area contributed by atoms with Crippen LogP contribution >= 0.6 is 0 Å². The number of hydrogen-bond donors (Lipinski definition) is 0. The lowest BCUT2D eigenvalue weighted by molar-refractivity contribution is -0.401. The van der Waals surface area contributed by atoms with E-state index in [1.807, 2.05) is 38.1 Å². The fourth-order valence-electron chi connectivity index (χ4n) is 19.5. The Kier molecular flexibility index (Phi) is 21.4. The van der Waals surface area contributed by atoms with Crippen molar-refractivity contribution in [2.75, 3.05) is 38.0 Å². The van der Waals surface area contributed by atoms with E-state index in [1.54, 1.807) is 48.5 Å². The lowest BCUT2D eigenvalue weighted by Gasteiger charge is -2.35. The molecular formula is C96H92N6O10S2. The standard InChI is InChI=1S/C82H78N6O4.2C7H8O3S/c1-83-69-27-13-11-25-67(69)81(55-59-37-43-63(44-38-59)87(89)90,75(83)31-19-29-73-79(49-15-5-16-50-79)77-65-23-9-7-21-61(65)41-47-71(77)85(73)3)53-57-33-35-58(36-34-57)54-82(56-60-39-45-64(46-40-60)88(91)92)68-26-12-14-28-70(68)84(2)76(82)32-20-30-74-80(51-17-6-18-52-80)78-66-24-10-8-22-62(66)42-48-72(78)86(74)4;2*1-6-2-4-7(5-3-6)11(8,9)10/h7-14,19-48H,5-6,15-18,49-56H2,1-4H3;2*2-5H,1H3,(H,8,9,10)/q+2;;/p-2. The maximum absolute atomic E-state index is 12.1. The van der Waals surface area contributed by atoms with Gasteiger partial charge in [0.25, 0.3) is 11.4 Å². The van der Waals surface area contributed by atoms with E-state index in [1.165, 1.54) is 152 Å². The smallest absolute Gasteiger partial charge is 0.269 e. The second-order valence-electron chi connectivity index (χ2n) is 31.6. The first-order valence-electron chi connectivity index (χ1n) is 39.1. The van der Waals surface area contributed by atoms with Gasteiger partial charge in [0.2, 0.25) is 11.4 Å². The fraction of sp³-hybridized carbons (Fsp3) is 0.250. The van der Waals surface area contributed by atoms with E-state index >= 15 is 0 Å². The molecule has 0 bridgehead atoms. The molecule has 578 valence electrons. The number of nitro benzene ring substituents is 2. The van der Waals surface area contributed by atoms with Crippen molar-refractivity contribution in [1.29, 1.82) is 0 Å². The van der Waals surface area contributed by atoms with Gasteiger partial charge in [-0.15, -0.1) is 0 Å². The number of hydrogen-bond acceptors (Lipinski definition) is 12. The fourth-order valence-corrected chi connectivity index (χ4v) is 20.5. The number of rotatable bonds is 16. The van der Waals surface area contributed by atoms with E-state index in [0.29, 0.717) is 25.7 Å². The summed E-state index contributed by atoms with van der Waals surface area (Å²) in [7, 11) is 0.349. The van der Waals surface area contributed by atoms with Crippen molar-refractivity contribution in [3.63, 3.8) is 0 Å². The topological polar surface area (TPSA) is 213 Å². The highest BCUT2D eigenvalue weighted by Crippen LogP contribution is 2.56. The zero-order chi connectivity index (χ0) is 79.9. The summed E-state index contributed by atoms with van der Waals surface area (Å²) in [6.45, 7) is 3.64. The Labute approximate surface area is 667 Å². The van der Waals surface area contributed by atoms with Crippen molar-refractivity contribution < 1.29 is 44.9 Å². The average molecular weight is 1550 g/mol.